The highest BCUT2D eigenvalue weighted by atomic mass is 35.5. The minimum Gasteiger partial charge on any atom is -0.347 e. The van der Waals surface area contributed by atoms with Gasteiger partial charge in [-0.1, -0.05) is 37.0 Å². The second-order valence-electron chi connectivity index (χ2n) is 1.84. The summed E-state index contributed by atoms with van der Waals surface area (Å²) >= 11 is 11.3. The van der Waals surface area contributed by atoms with Crippen molar-refractivity contribution >= 4 is 23.2 Å². The van der Waals surface area contributed by atoms with Crippen molar-refractivity contribution in [2.24, 2.45) is 0 Å². The first-order chi connectivity index (χ1) is 4.12. The van der Waals surface area contributed by atoms with Crippen LogP contribution in [0.2, 0.25) is 0 Å². The van der Waals surface area contributed by atoms with Crippen molar-refractivity contribution in [1.82, 2.24) is 0 Å². The Morgan fingerprint density at radius 3 is 2.22 bits per heavy atom. The molecule has 0 aliphatic rings. The van der Waals surface area contributed by atoms with E-state index in [-0.39, 0.29) is 0 Å². The average molecular weight is 171 g/mol. The van der Waals surface area contributed by atoms with Gasteiger partial charge in [-0.15, -0.1) is 0 Å². The van der Waals surface area contributed by atoms with Crippen LogP contribution in [0, 0.1) is 0 Å². The van der Waals surface area contributed by atoms with Gasteiger partial charge in [0.15, 0.2) is 0 Å². The van der Waals surface area contributed by atoms with Crippen LogP contribution in [-0.4, -0.2) is 11.1 Å². The Kier molecular flexibility index (Phi) is 4.63. The Morgan fingerprint density at radius 2 is 1.89 bits per heavy atom. The highest BCUT2D eigenvalue weighted by Gasteiger charge is 2.20. The Hall–Kier alpha value is 0.540. The van der Waals surface area contributed by atoms with E-state index in [4.69, 9.17) is 27.9 Å². The van der Waals surface area contributed by atoms with Crippen molar-refractivity contribution in [3.05, 3.63) is 0 Å². The normalized spacial score (nSPS) is 12.0. The molecule has 0 heterocycles. The van der Waals surface area contributed by atoms with Gasteiger partial charge < -0.3 is 4.74 Å². The monoisotopic (exact) mass is 170 g/mol. The van der Waals surface area contributed by atoms with Gasteiger partial charge >= 0.3 is 0 Å². The molecule has 0 atom stereocenters. The van der Waals surface area contributed by atoms with Crippen molar-refractivity contribution in [2.75, 3.05) is 6.61 Å². The number of ether oxygens (including phenoxy) is 1. The van der Waals surface area contributed by atoms with Crippen LogP contribution >= 0.6 is 23.2 Å². The Morgan fingerprint density at radius 1 is 1.33 bits per heavy atom. The summed E-state index contributed by atoms with van der Waals surface area (Å²) < 4.78 is 4.10. The van der Waals surface area contributed by atoms with Crippen LogP contribution in [0.1, 0.15) is 26.7 Å². The highest BCUT2D eigenvalue weighted by Crippen LogP contribution is 2.25. The molecule has 0 amide bonds. The van der Waals surface area contributed by atoms with Gasteiger partial charge in [0.1, 0.15) is 0 Å². The zero-order valence-corrected chi connectivity index (χ0v) is 7.30. The van der Waals surface area contributed by atoms with E-state index in [0.717, 1.165) is 6.42 Å². The van der Waals surface area contributed by atoms with Crippen LogP contribution in [0.25, 0.3) is 0 Å². The second kappa shape index (κ2) is 4.37. The minimum absolute atomic E-state index is 0.621. The number of hydrogen-bond acceptors (Lipinski definition) is 1. The van der Waals surface area contributed by atoms with Crippen LogP contribution in [0.15, 0.2) is 0 Å². The van der Waals surface area contributed by atoms with E-state index in [1.165, 1.54) is 0 Å². The SMILES string of the molecule is CCCOC(Cl)(Cl)CC. The third-order valence-corrected chi connectivity index (χ3v) is 1.68. The molecule has 0 unspecified atom stereocenters. The third kappa shape index (κ3) is 5.01. The molecule has 0 N–H and O–H groups in total. The number of rotatable bonds is 4. The molecule has 0 rings (SSSR count). The van der Waals surface area contributed by atoms with Crippen LogP contribution < -0.4 is 0 Å². The summed E-state index contributed by atoms with van der Waals surface area (Å²) in [4.78, 5) is 0. The first kappa shape index (κ1) is 9.54. The summed E-state index contributed by atoms with van der Waals surface area (Å²) in [5.74, 6) is 0. The van der Waals surface area contributed by atoms with Crippen LogP contribution in [0.3, 0.4) is 0 Å². The maximum absolute atomic E-state index is 5.64. The molecule has 0 fully saturated rings. The topological polar surface area (TPSA) is 9.23 Å². The number of alkyl halides is 2. The van der Waals surface area contributed by atoms with E-state index in [1.54, 1.807) is 0 Å². The summed E-state index contributed by atoms with van der Waals surface area (Å²) in [6.45, 7) is 4.52. The molecule has 0 saturated carbocycles. The first-order valence-corrected chi connectivity index (χ1v) is 3.89. The molecular weight excluding hydrogens is 159 g/mol. The molecule has 0 aliphatic heterocycles. The van der Waals surface area contributed by atoms with Gasteiger partial charge in [0.2, 0.25) is 4.52 Å². The van der Waals surface area contributed by atoms with E-state index in [2.05, 4.69) is 0 Å². The lowest BCUT2D eigenvalue weighted by Crippen LogP contribution is -2.16. The first-order valence-electron chi connectivity index (χ1n) is 3.14. The van der Waals surface area contributed by atoms with Crippen molar-refractivity contribution < 1.29 is 4.74 Å². The Balaban J connectivity index is 3.33. The van der Waals surface area contributed by atoms with Gasteiger partial charge in [0.05, 0.1) is 0 Å². The fraction of sp³-hybridized carbons (Fsp3) is 1.00. The van der Waals surface area contributed by atoms with Crippen LogP contribution in [0.4, 0.5) is 0 Å². The number of hydrogen-bond donors (Lipinski definition) is 0. The van der Waals surface area contributed by atoms with E-state index in [0.29, 0.717) is 13.0 Å². The molecule has 3 heteroatoms. The minimum atomic E-state index is -0.962. The maximum Gasteiger partial charge on any atom is 0.217 e. The van der Waals surface area contributed by atoms with Crippen molar-refractivity contribution in [1.29, 1.82) is 0 Å². The summed E-state index contributed by atoms with van der Waals surface area (Å²) in [6.07, 6.45) is 1.57. The standard InChI is InChI=1S/C6H12Cl2O/c1-3-5-9-6(7,8)4-2/h3-5H2,1-2H3. The molecule has 0 saturated heterocycles. The summed E-state index contributed by atoms with van der Waals surface area (Å²) in [5.41, 5.74) is 0. The predicted molar refractivity (Wildman–Crippen MR) is 41.0 cm³/mol. The Labute approximate surface area is 66.3 Å². The summed E-state index contributed by atoms with van der Waals surface area (Å²) in [5, 5.41) is 0. The maximum atomic E-state index is 5.64. The molecule has 0 spiro atoms. The second-order valence-corrected chi connectivity index (χ2v) is 3.25. The van der Waals surface area contributed by atoms with Gasteiger partial charge in [-0.2, -0.15) is 0 Å². The molecule has 0 bridgehead atoms. The smallest absolute Gasteiger partial charge is 0.217 e. The molecule has 1 nitrogen and oxygen atoms in total. The zero-order valence-electron chi connectivity index (χ0n) is 5.79. The highest BCUT2D eigenvalue weighted by molar-refractivity contribution is 6.47. The molecule has 0 aromatic rings. The van der Waals surface area contributed by atoms with Gasteiger partial charge in [-0.05, 0) is 6.42 Å². The molecule has 0 aliphatic carbocycles. The largest absolute Gasteiger partial charge is 0.347 e. The molecule has 9 heavy (non-hydrogen) atoms. The molecular formula is C6H12Cl2O. The van der Waals surface area contributed by atoms with E-state index >= 15 is 0 Å². The molecule has 0 aromatic carbocycles. The third-order valence-electron chi connectivity index (χ3n) is 0.929. The van der Waals surface area contributed by atoms with Crippen molar-refractivity contribution in [3.63, 3.8) is 0 Å². The van der Waals surface area contributed by atoms with E-state index < -0.39 is 4.52 Å². The van der Waals surface area contributed by atoms with Crippen molar-refractivity contribution in [2.45, 2.75) is 31.2 Å². The quantitative estimate of drug-likeness (QED) is 0.591. The summed E-state index contributed by atoms with van der Waals surface area (Å²) in [7, 11) is 0. The molecule has 56 valence electrons. The molecule has 0 radical (unpaired) electrons. The predicted octanol–water partition coefficient (Wildman–Crippen LogP) is 2.95. The summed E-state index contributed by atoms with van der Waals surface area (Å²) in [6, 6.07) is 0. The fourth-order valence-corrected chi connectivity index (χ4v) is 0.508. The Bertz CT molecular complexity index is 73.5. The van der Waals surface area contributed by atoms with Gasteiger partial charge in [-0.3, -0.25) is 0 Å². The lowest BCUT2D eigenvalue weighted by atomic mass is 10.5. The van der Waals surface area contributed by atoms with Crippen LogP contribution in [-0.2, 0) is 4.74 Å². The fourth-order valence-electron chi connectivity index (χ4n) is 0.353. The lowest BCUT2D eigenvalue weighted by Gasteiger charge is -2.16. The lowest BCUT2D eigenvalue weighted by molar-refractivity contribution is 0.0761. The van der Waals surface area contributed by atoms with Crippen LogP contribution in [0.5, 0.6) is 0 Å². The van der Waals surface area contributed by atoms with E-state index in [1.807, 2.05) is 13.8 Å². The van der Waals surface area contributed by atoms with Crippen molar-refractivity contribution in [3.8, 4) is 0 Å². The van der Waals surface area contributed by atoms with Gasteiger partial charge in [0.25, 0.3) is 0 Å². The van der Waals surface area contributed by atoms with Gasteiger partial charge in [0, 0.05) is 13.0 Å². The van der Waals surface area contributed by atoms with E-state index in [9.17, 15) is 0 Å². The number of halogens is 2. The average Bonchev–Trinajstić information content (AvgIpc) is 1.84. The molecule has 0 aromatic heterocycles. The van der Waals surface area contributed by atoms with Gasteiger partial charge in [-0.25, -0.2) is 0 Å². The zero-order chi connectivity index (χ0) is 7.33.